The zero-order valence-corrected chi connectivity index (χ0v) is 17.2. The summed E-state index contributed by atoms with van der Waals surface area (Å²) in [5.41, 5.74) is 5.89. The first-order valence-corrected chi connectivity index (χ1v) is 11.4. The minimum atomic E-state index is 1.10. The van der Waals surface area contributed by atoms with Crippen molar-refractivity contribution < 1.29 is 0 Å². The monoisotopic (exact) mass is 378 g/mol. The molecule has 0 N–H and O–H groups in total. The Morgan fingerprint density at radius 2 is 1.63 bits per heavy atom. The summed E-state index contributed by atoms with van der Waals surface area (Å²) in [4.78, 5) is 2.66. The molecule has 0 spiro atoms. The first-order chi connectivity index (χ1) is 13.3. The van der Waals surface area contributed by atoms with Crippen molar-refractivity contribution in [3.63, 3.8) is 0 Å². The molecule has 3 heteroatoms. The van der Waals surface area contributed by atoms with Crippen molar-refractivity contribution >= 4 is 22.7 Å². The number of fused-ring (bicyclic) bond motifs is 1. The number of para-hydroxylation sites is 1. The van der Waals surface area contributed by atoms with Crippen LogP contribution < -0.4 is 0 Å². The van der Waals surface area contributed by atoms with Gasteiger partial charge in [0.25, 0.3) is 0 Å². The number of hydrogen-bond donors (Lipinski definition) is 0. The van der Waals surface area contributed by atoms with Crippen LogP contribution in [0.25, 0.3) is 10.9 Å². The van der Waals surface area contributed by atoms with Gasteiger partial charge >= 0.3 is 0 Å². The lowest BCUT2D eigenvalue weighted by atomic mass is 10.1. The lowest BCUT2D eigenvalue weighted by molar-refractivity contribution is 0.221. The van der Waals surface area contributed by atoms with Crippen molar-refractivity contribution in [1.29, 1.82) is 0 Å². The second kappa shape index (κ2) is 8.99. The molecule has 0 saturated carbocycles. The highest BCUT2D eigenvalue weighted by Gasteiger charge is 2.18. The number of aromatic nitrogens is 1. The predicted octanol–water partition coefficient (Wildman–Crippen LogP) is 5.64. The number of hydrogen-bond acceptors (Lipinski definition) is 2. The Hall–Kier alpha value is -1.71. The van der Waals surface area contributed by atoms with E-state index in [9.17, 15) is 0 Å². The number of benzene rings is 2. The van der Waals surface area contributed by atoms with Crippen molar-refractivity contribution in [3.8, 4) is 0 Å². The van der Waals surface area contributed by atoms with Crippen LogP contribution in [-0.2, 0) is 25.8 Å². The quantitative estimate of drug-likeness (QED) is 0.492. The van der Waals surface area contributed by atoms with E-state index in [1.807, 2.05) is 0 Å². The summed E-state index contributed by atoms with van der Waals surface area (Å²) >= 11 is 2.07. The van der Waals surface area contributed by atoms with E-state index in [1.165, 1.54) is 60.3 Å². The van der Waals surface area contributed by atoms with E-state index in [-0.39, 0.29) is 0 Å². The van der Waals surface area contributed by atoms with Gasteiger partial charge in [0.15, 0.2) is 0 Å². The van der Waals surface area contributed by atoms with Crippen LogP contribution in [0.3, 0.4) is 0 Å². The fraction of sp³-hybridized carbons (Fsp3) is 0.417. The van der Waals surface area contributed by atoms with Gasteiger partial charge in [-0.15, -0.1) is 0 Å². The molecular weight excluding hydrogens is 348 g/mol. The van der Waals surface area contributed by atoms with Crippen molar-refractivity contribution in [2.45, 2.75) is 38.0 Å². The maximum Gasteiger partial charge on any atom is 0.0483 e. The highest BCUT2D eigenvalue weighted by Crippen LogP contribution is 2.30. The minimum Gasteiger partial charge on any atom is -0.347 e. The van der Waals surface area contributed by atoms with E-state index < -0.39 is 0 Å². The van der Waals surface area contributed by atoms with Crippen LogP contribution in [0.2, 0.25) is 0 Å². The molecule has 4 rings (SSSR count). The normalized spacial score (nSPS) is 15.4. The second-order valence-electron chi connectivity index (χ2n) is 7.63. The van der Waals surface area contributed by atoms with Crippen LogP contribution in [0.4, 0.5) is 0 Å². The summed E-state index contributed by atoms with van der Waals surface area (Å²) in [5.74, 6) is 2.27. The zero-order valence-electron chi connectivity index (χ0n) is 16.4. The lowest BCUT2D eigenvalue weighted by Crippen LogP contribution is -2.29. The second-order valence-corrected chi connectivity index (χ2v) is 8.73. The van der Waals surface area contributed by atoms with E-state index in [1.54, 1.807) is 5.56 Å². The molecule has 0 unspecified atom stereocenters. The number of nitrogens with zero attached hydrogens (tertiary/aromatic N) is 2. The molecule has 1 fully saturated rings. The molecule has 1 saturated heterocycles. The van der Waals surface area contributed by atoms with Crippen LogP contribution >= 0.6 is 11.8 Å². The Balaban J connectivity index is 1.49. The molecule has 0 atom stereocenters. The van der Waals surface area contributed by atoms with Crippen LogP contribution in [-0.4, -0.2) is 28.3 Å². The average Bonchev–Trinajstić information content (AvgIpc) is 2.99. The molecule has 2 heterocycles. The summed E-state index contributed by atoms with van der Waals surface area (Å²) in [6.07, 6.45) is 5.25. The fourth-order valence-electron chi connectivity index (χ4n) is 4.23. The number of piperidine rings is 1. The Morgan fingerprint density at radius 1 is 0.889 bits per heavy atom. The molecule has 1 aromatic heterocycles. The van der Waals surface area contributed by atoms with Crippen molar-refractivity contribution in [3.05, 3.63) is 71.4 Å². The number of thioether (sulfide) groups is 1. The van der Waals surface area contributed by atoms with E-state index in [2.05, 4.69) is 82.9 Å². The summed E-state index contributed by atoms with van der Waals surface area (Å²) in [5, 5.41) is 1.45. The van der Waals surface area contributed by atoms with Gasteiger partial charge in [0.05, 0.1) is 0 Å². The van der Waals surface area contributed by atoms with E-state index in [0.29, 0.717) is 0 Å². The van der Waals surface area contributed by atoms with Crippen LogP contribution in [0, 0.1) is 0 Å². The molecule has 142 valence electrons. The molecule has 1 aliphatic rings. The van der Waals surface area contributed by atoms with Gasteiger partial charge in [-0.25, -0.2) is 0 Å². The zero-order chi connectivity index (χ0) is 18.5. The van der Waals surface area contributed by atoms with Gasteiger partial charge in [0, 0.05) is 35.9 Å². The van der Waals surface area contributed by atoms with Gasteiger partial charge in [0.1, 0.15) is 0 Å². The van der Waals surface area contributed by atoms with Gasteiger partial charge < -0.3 is 4.57 Å². The summed E-state index contributed by atoms with van der Waals surface area (Å²) in [6, 6.07) is 19.8. The van der Waals surface area contributed by atoms with Crippen molar-refractivity contribution in [2.75, 3.05) is 18.8 Å². The standard InChI is InChI=1S/C24H30N2S/c1-25-23-13-7-6-12-21(23)22(18-26-15-8-3-9-16-26)24(25)19-27-17-14-20-10-4-2-5-11-20/h2,4-7,10-13H,3,8-9,14-19H2,1H3. The number of rotatable bonds is 7. The van der Waals surface area contributed by atoms with E-state index in [4.69, 9.17) is 0 Å². The third kappa shape index (κ3) is 4.41. The number of likely N-dealkylation sites (tertiary alicyclic amines) is 1. The molecule has 27 heavy (non-hydrogen) atoms. The van der Waals surface area contributed by atoms with Crippen LogP contribution in [0.15, 0.2) is 54.6 Å². The third-order valence-electron chi connectivity index (χ3n) is 5.79. The first-order valence-electron chi connectivity index (χ1n) is 10.2. The molecule has 2 aromatic carbocycles. The van der Waals surface area contributed by atoms with Gasteiger partial charge in [-0.1, -0.05) is 55.0 Å². The Kier molecular flexibility index (Phi) is 6.21. The summed E-state index contributed by atoms with van der Waals surface area (Å²) < 4.78 is 2.43. The molecule has 0 aliphatic carbocycles. The van der Waals surface area contributed by atoms with E-state index >= 15 is 0 Å². The summed E-state index contributed by atoms with van der Waals surface area (Å²) in [6.45, 7) is 3.61. The van der Waals surface area contributed by atoms with Crippen LogP contribution in [0.5, 0.6) is 0 Å². The lowest BCUT2D eigenvalue weighted by Gasteiger charge is -2.26. The molecular formula is C24H30N2S. The molecule has 0 bridgehead atoms. The Labute approximate surface area is 167 Å². The van der Waals surface area contributed by atoms with E-state index in [0.717, 1.165) is 18.7 Å². The smallest absolute Gasteiger partial charge is 0.0483 e. The first kappa shape index (κ1) is 18.6. The predicted molar refractivity (Wildman–Crippen MR) is 118 cm³/mol. The maximum atomic E-state index is 2.66. The number of aryl methyl sites for hydroxylation is 2. The molecule has 0 amide bonds. The van der Waals surface area contributed by atoms with Gasteiger partial charge in [-0.3, -0.25) is 4.90 Å². The van der Waals surface area contributed by atoms with Crippen LogP contribution in [0.1, 0.15) is 36.1 Å². The van der Waals surface area contributed by atoms with Gasteiger partial charge in [0.2, 0.25) is 0 Å². The molecule has 1 aliphatic heterocycles. The van der Waals surface area contributed by atoms with Gasteiger partial charge in [-0.05, 0) is 55.3 Å². The Morgan fingerprint density at radius 3 is 2.44 bits per heavy atom. The molecule has 0 radical (unpaired) electrons. The fourth-order valence-corrected chi connectivity index (χ4v) is 5.32. The molecule has 2 nitrogen and oxygen atoms in total. The molecule has 3 aromatic rings. The summed E-state index contributed by atoms with van der Waals surface area (Å²) in [7, 11) is 2.25. The van der Waals surface area contributed by atoms with Crippen molar-refractivity contribution in [2.24, 2.45) is 7.05 Å². The highest BCUT2D eigenvalue weighted by atomic mass is 32.2. The Bertz CT molecular complexity index is 863. The SMILES string of the molecule is Cn1c(CSCCc2ccccc2)c(CN2CCCCC2)c2ccccc21. The highest BCUT2D eigenvalue weighted by molar-refractivity contribution is 7.98. The largest absolute Gasteiger partial charge is 0.347 e. The maximum absolute atomic E-state index is 2.66. The topological polar surface area (TPSA) is 8.17 Å². The van der Waals surface area contributed by atoms with Gasteiger partial charge in [-0.2, -0.15) is 11.8 Å². The average molecular weight is 379 g/mol. The minimum absolute atomic E-state index is 1.10. The van der Waals surface area contributed by atoms with Crippen molar-refractivity contribution in [1.82, 2.24) is 9.47 Å². The third-order valence-corrected chi connectivity index (χ3v) is 6.76.